The predicted octanol–water partition coefficient (Wildman–Crippen LogP) is 3.64. The Morgan fingerprint density at radius 1 is 1.29 bits per heavy atom. The normalized spacial score (nSPS) is 16.2. The molecule has 5 nitrogen and oxygen atoms in total. The molecule has 6 heteroatoms. The number of piperidine rings is 1. The monoisotopic (exact) mass is 352 g/mol. The number of nitrogens with one attached hydrogen (secondary N) is 1. The van der Waals surface area contributed by atoms with Gasteiger partial charge in [0.25, 0.3) is 0 Å². The van der Waals surface area contributed by atoms with E-state index in [1.54, 1.807) is 22.5 Å². The van der Waals surface area contributed by atoms with Crippen molar-refractivity contribution in [1.29, 1.82) is 0 Å². The van der Waals surface area contributed by atoms with E-state index < -0.39 is 10.0 Å². The Kier molecular flexibility index (Phi) is 6.29. The molecule has 2 rings (SSSR count). The van der Waals surface area contributed by atoms with Gasteiger partial charge in [0, 0.05) is 19.6 Å². The number of ether oxygens (including phenoxy) is 1. The second-order valence-electron chi connectivity index (χ2n) is 6.60. The van der Waals surface area contributed by atoms with Gasteiger partial charge in [0.15, 0.2) is 0 Å². The summed E-state index contributed by atoms with van der Waals surface area (Å²) >= 11 is 0. The van der Waals surface area contributed by atoms with Crippen molar-refractivity contribution in [3.63, 3.8) is 0 Å². The Bertz CT molecular complexity index is 678. The highest BCUT2D eigenvalue weighted by molar-refractivity contribution is 7.89. The van der Waals surface area contributed by atoms with Crippen molar-refractivity contribution >= 4 is 15.7 Å². The van der Waals surface area contributed by atoms with E-state index in [9.17, 15) is 8.42 Å². The fourth-order valence-corrected chi connectivity index (χ4v) is 4.21. The highest BCUT2D eigenvalue weighted by atomic mass is 32.2. The molecular formula is C18H28N2O3S. The van der Waals surface area contributed by atoms with E-state index >= 15 is 0 Å². The molecule has 0 saturated carbocycles. The molecule has 0 radical (unpaired) electrons. The number of hydrogen-bond acceptors (Lipinski definition) is 4. The summed E-state index contributed by atoms with van der Waals surface area (Å²) in [6, 6.07) is 5.04. The first-order valence-corrected chi connectivity index (χ1v) is 9.94. The largest absolute Gasteiger partial charge is 0.489 e. The molecule has 1 saturated heterocycles. The van der Waals surface area contributed by atoms with Crippen molar-refractivity contribution in [3.05, 3.63) is 30.4 Å². The summed E-state index contributed by atoms with van der Waals surface area (Å²) in [4.78, 5) is 0.310. The Labute approximate surface area is 145 Å². The quantitative estimate of drug-likeness (QED) is 0.761. The summed E-state index contributed by atoms with van der Waals surface area (Å²) < 4.78 is 33.1. The van der Waals surface area contributed by atoms with Crippen LogP contribution in [-0.4, -0.2) is 38.5 Å². The maximum absolute atomic E-state index is 12.9. The van der Waals surface area contributed by atoms with Gasteiger partial charge in [0.2, 0.25) is 10.0 Å². The Morgan fingerprint density at radius 3 is 2.54 bits per heavy atom. The molecule has 0 amide bonds. The average molecular weight is 352 g/mol. The molecule has 0 bridgehead atoms. The van der Waals surface area contributed by atoms with Gasteiger partial charge in [-0.1, -0.05) is 18.6 Å². The van der Waals surface area contributed by atoms with Crippen LogP contribution in [0.1, 0.15) is 40.0 Å². The van der Waals surface area contributed by atoms with Gasteiger partial charge in [-0.3, -0.25) is 0 Å². The average Bonchev–Trinajstić information content (AvgIpc) is 2.54. The fourth-order valence-electron chi connectivity index (χ4n) is 2.66. The Morgan fingerprint density at radius 2 is 1.96 bits per heavy atom. The molecule has 1 N–H and O–H groups in total. The van der Waals surface area contributed by atoms with Crippen molar-refractivity contribution in [1.82, 2.24) is 4.31 Å². The van der Waals surface area contributed by atoms with Gasteiger partial charge >= 0.3 is 0 Å². The van der Waals surface area contributed by atoms with E-state index in [0.29, 0.717) is 36.0 Å². The number of benzene rings is 1. The van der Waals surface area contributed by atoms with Crippen LogP contribution in [0, 0.1) is 0 Å². The molecule has 1 aliphatic heterocycles. The summed E-state index contributed by atoms with van der Waals surface area (Å²) in [7, 11) is -3.45. The Hall–Kier alpha value is -1.53. The van der Waals surface area contributed by atoms with Crippen LogP contribution in [0.4, 0.5) is 5.69 Å². The van der Waals surface area contributed by atoms with E-state index in [0.717, 1.165) is 24.8 Å². The van der Waals surface area contributed by atoms with Gasteiger partial charge in [-0.25, -0.2) is 8.42 Å². The van der Waals surface area contributed by atoms with Crippen LogP contribution in [-0.2, 0) is 10.0 Å². The van der Waals surface area contributed by atoms with Crippen molar-refractivity contribution in [3.8, 4) is 5.75 Å². The molecule has 1 fully saturated rings. The second-order valence-corrected chi connectivity index (χ2v) is 8.54. The van der Waals surface area contributed by atoms with E-state index in [-0.39, 0.29) is 6.10 Å². The summed E-state index contributed by atoms with van der Waals surface area (Å²) in [6.45, 7) is 11.5. The summed E-state index contributed by atoms with van der Waals surface area (Å²) in [5, 5.41) is 3.23. The highest BCUT2D eigenvalue weighted by Crippen LogP contribution is 2.31. The molecule has 0 unspecified atom stereocenters. The lowest BCUT2D eigenvalue weighted by Gasteiger charge is -2.26. The van der Waals surface area contributed by atoms with Crippen molar-refractivity contribution < 1.29 is 13.2 Å². The number of hydrogen-bond donors (Lipinski definition) is 1. The molecule has 134 valence electrons. The molecule has 0 spiro atoms. The molecule has 1 heterocycles. The first kappa shape index (κ1) is 18.8. The highest BCUT2D eigenvalue weighted by Gasteiger charge is 2.26. The minimum absolute atomic E-state index is 0.0138. The summed E-state index contributed by atoms with van der Waals surface area (Å²) in [5.41, 5.74) is 1.65. The maximum atomic E-state index is 12.9. The lowest BCUT2D eigenvalue weighted by molar-refractivity contribution is 0.243. The number of nitrogens with zero attached hydrogens (tertiary/aromatic N) is 1. The van der Waals surface area contributed by atoms with Gasteiger partial charge in [-0.05, 0) is 51.8 Å². The molecule has 1 aliphatic rings. The smallest absolute Gasteiger partial charge is 0.243 e. The van der Waals surface area contributed by atoms with Crippen LogP contribution in [0.3, 0.4) is 0 Å². The van der Waals surface area contributed by atoms with Crippen LogP contribution in [0.25, 0.3) is 0 Å². The summed E-state index contributed by atoms with van der Waals surface area (Å²) in [5.74, 6) is 0.656. The molecule has 24 heavy (non-hydrogen) atoms. The van der Waals surface area contributed by atoms with Gasteiger partial charge in [0.05, 0.1) is 16.7 Å². The van der Waals surface area contributed by atoms with Crippen molar-refractivity contribution in [2.24, 2.45) is 0 Å². The van der Waals surface area contributed by atoms with Gasteiger partial charge in [-0.2, -0.15) is 4.31 Å². The van der Waals surface area contributed by atoms with Crippen LogP contribution in [0.15, 0.2) is 35.2 Å². The summed E-state index contributed by atoms with van der Waals surface area (Å²) in [6.07, 6.45) is 2.96. The van der Waals surface area contributed by atoms with Crippen molar-refractivity contribution in [2.75, 3.05) is 25.0 Å². The first-order chi connectivity index (χ1) is 11.3. The third-order valence-electron chi connectivity index (χ3n) is 3.85. The molecule has 0 aromatic heterocycles. The Balaban J connectivity index is 2.32. The van der Waals surface area contributed by atoms with Gasteiger partial charge in [-0.15, -0.1) is 0 Å². The second kappa shape index (κ2) is 8.03. The molecule has 1 aromatic carbocycles. The van der Waals surface area contributed by atoms with Crippen LogP contribution < -0.4 is 10.1 Å². The van der Waals surface area contributed by atoms with Gasteiger partial charge in [0.1, 0.15) is 5.75 Å². The van der Waals surface area contributed by atoms with Gasteiger partial charge < -0.3 is 10.1 Å². The standard InChI is InChI=1S/C18H28N2O3S/c1-14(2)13-19-17-12-16(8-9-18(17)23-15(3)4)24(21,22)20-10-6-5-7-11-20/h8-9,12,15,19H,1,5-7,10-11,13H2,2-4H3. The van der Waals surface area contributed by atoms with Crippen LogP contribution in [0.2, 0.25) is 0 Å². The van der Waals surface area contributed by atoms with E-state index in [1.165, 1.54) is 0 Å². The van der Waals surface area contributed by atoms with E-state index in [1.807, 2.05) is 20.8 Å². The minimum atomic E-state index is -3.45. The van der Waals surface area contributed by atoms with E-state index in [2.05, 4.69) is 11.9 Å². The first-order valence-electron chi connectivity index (χ1n) is 8.50. The van der Waals surface area contributed by atoms with Crippen LogP contribution in [0.5, 0.6) is 5.75 Å². The number of rotatable bonds is 7. The minimum Gasteiger partial charge on any atom is -0.489 e. The van der Waals surface area contributed by atoms with Crippen molar-refractivity contribution in [2.45, 2.75) is 51.0 Å². The lowest BCUT2D eigenvalue weighted by atomic mass is 10.2. The zero-order valence-electron chi connectivity index (χ0n) is 14.8. The molecule has 0 atom stereocenters. The maximum Gasteiger partial charge on any atom is 0.243 e. The third-order valence-corrected chi connectivity index (χ3v) is 5.74. The zero-order chi connectivity index (χ0) is 17.7. The van der Waals surface area contributed by atoms with E-state index in [4.69, 9.17) is 4.74 Å². The lowest BCUT2D eigenvalue weighted by Crippen LogP contribution is -2.35. The zero-order valence-corrected chi connectivity index (χ0v) is 15.7. The SMILES string of the molecule is C=C(C)CNc1cc(S(=O)(=O)N2CCCCC2)ccc1OC(C)C. The molecular weight excluding hydrogens is 324 g/mol. The predicted molar refractivity (Wildman–Crippen MR) is 98.1 cm³/mol. The number of sulfonamides is 1. The third kappa shape index (κ3) is 4.74. The fraction of sp³-hybridized carbons (Fsp3) is 0.556. The topological polar surface area (TPSA) is 58.6 Å². The number of anilines is 1. The molecule has 1 aromatic rings. The molecule has 0 aliphatic carbocycles. The van der Waals surface area contributed by atoms with Crippen LogP contribution >= 0.6 is 0 Å².